The van der Waals surface area contributed by atoms with Gasteiger partial charge in [-0.05, 0) is 43.3 Å². The summed E-state index contributed by atoms with van der Waals surface area (Å²) in [7, 11) is 0. The van der Waals surface area contributed by atoms with Crippen molar-refractivity contribution >= 4 is 28.6 Å². The molecule has 0 aliphatic rings. The molecule has 0 aliphatic carbocycles. The molecule has 1 amide bonds. The fourth-order valence-electron chi connectivity index (χ4n) is 2.24. The molecule has 0 fully saturated rings. The Balaban J connectivity index is 1.52. The SMILES string of the molecule is Cc1nc(CCNC(=O)c2ccc(Nc3ccncc3)cc2)cs1. The highest BCUT2D eigenvalue weighted by molar-refractivity contribution is 7.09. The van der Waals surface area contributed by atoms with Crippen LogP contribution >= 0.6 is 11.3 Å². The van der Waals surface area contributed by atoms with E-state index in [1.165, 1.54) is 0 Å². The zero-order chi connectivity index (χ0) is 16.8. The lowest BCUT2D eigenvalue weighted by Crippen LogP contribution is -2.25. The molecule has 0 aliphatic heterocycles. The Hall–Kier alpha value is -2.73. The first kappa shape index (κ1) is 16.1. The van der Waals surface area contributed by atoms with E-state index in [-0.39, 0.29) is 5.91 Å². The second-order valence-corrected chi connectivity index (χ2v) is 6.36. The van der Waals surface area contributed by atoms with Gasteiger partial charge in [-0.1, -0.05) is 0 Å². The molecular weight excluding hydrogens is 320 g/mol. The number of carbonyl (C=O) groups excluding carboxylic acids is 1. The summed E-state index contributed by atoms with van der Waals surface area (Å²) in [5.41, 5.74) is 3.55. The van der Waals surface area contributed by atoms with E-state index in [0.29, 0.717) is 12.1 Å². The van der Waals surface area contributed by atoms with Crippen molar-refractivity contribution in [1.82, 2.24) is 15.3 Å². The molecular formula is C18H18N4OS. The molecule has 3 aromatic rings. The molecule has 0 saturated heterocycles. The minimum absolute atomic E-state index is 0.0718. The van der Waals surface area contributed by atoms with E-state index in [1.807, 2.05) is 48.7 Å². The topological polar surface area (TPSA) is 66.9 Å². The number of pyridine rings is 1. The first-order chi connectivity index (χ1) is 11.7. The van der Waals surface area contributed by atoms with Gasteiger partial charge in [0.25, 0.3) is 5.91 Å². The third-order valence-electron chi connectivity index (χ3n) is 3.45. The van der Waals surface area contributed by atoms with Gasteiger partial charge in [0.1, 0.15) is 0 Å². The predicted molar refractivity (Wildman–Crippen MR) is 96.8 cm³/mol. The van der Waals surface area contributed by atoms with Crippen LogP contribution in [0.15, 0.2) is 54.2 Å². The number of aryl methyl sites for hydroxylation is 1. The fourth-order valence-corrected chi connectivity index (χ4v) is 2.88. The van der Waals surface area contributed by atoms with E-state index < -0.39 is 0 Å². The van der Waals surface area contributed by atoms with Crippen molar-refractivity contribution in [3.63, 3.8) is 0 Å². The number of rotatable bonds is 6. The summed E-state index contributed by atoms with van der Waals surface area (Å²) in [5, 5.41) is 9.26. The first-order valence-electron chi connectivity index (χ1n) is 7.67. The lowest BCUT2D eigenvalue weighted by atomic mass is 10.2. The minimum Gasteiger partial charge on any atom is -0.355 e. The maximum atomic E-state index is 12.2. The lowest BCUT2D eigenvalue weighted by molar-refractivity contribution is 0.0954. The number of hydrogen-bond acceptors (Lipinski definition) is 5. The van der Waals surface area contributed by atoms with E-state index in [0.717, 1.165) is 28.5 Å². The number of nitrogens with zero attached hydrogens (tertiary/aromatic N) is 2. The molecule has 2 aromatic heterocycles. The van der Waals surface area contributed by atoms with Crippen molar-refractivity contribution in [3.05, 3.63) is 70.4 Å². The summed E-state index contributed by atoms with van der Waals surface area (Å²) < 4.78 is 0. The molecule has 3 rings (SSSR count). The lowest BCUT2D eigenvalue weighted by Gasteiger charge is -2.08. The van der Waals surface area contributed by atoms with Crippen LogP contribution in [0, 0.1) is 6.92 Å². The summed E-state index contributed by atoms with van der Waals surface area (Å²) in [6, 6.07) is 11.2. The van der Waals surface area contributed by atoms with E-state index >= 15 is 0 Å². The number of thiazole rings is 1. The normalized spacial score (nSPS) is 10.4. The summed E-state index contributed by atoms with van der Waals surface area (Å²) in [4.78, 5) is 20.5. The molecule has 6 heteroatoms. The van der Waals surface area contributed by atoms with E-state index in [1.54, 1.807) is 23.7 Å². The monoisotopic (exact) mass is 338 g/mol. The van der Waals surface area contributed by atoms with Gasteiger partial charge in [-0.2, -0.15) is 0 Å². The van der Waals surface area contributed by atoms with Gasteiger partial charge in [0, 0.05) is 47.7 Å². The average molecular weight is 338 g/mol. The van der Waals surface area contributed by atoms with Crippen LogP contribution in [-0.4, -0.2) is 22.4 Å². The standard InChI is InChI=1S/C18H18N4OS/c1-13-21-17(12-24-13)8-11-20-18(23)14-2-4-15(5-3-14)22-16-6-9-19-10-7-16/h2-7,9-10,12H,8,11H2,1H3,(H,19,22)(H,20,23). The summed E-state index contributed by atoms with van der Waals surface area (Å²) in [6.07, 6.45) is 4.21. The van der Waals surface area contributed by atoms with Gasteiger partial charge in [-0.3, -0.25) is 9.78 Å². The highest BCUT2D eigenvalue weighted by Gasteiger charge is 2.06. The second kappa shape index (κ2) is 7.70. The molecule has 0 radical (unpaired) electrons. The Bertz CT molecular complexity index is 799. The highest BCUT2D eigenvalue weighted by Crippen LogP contribution is 2.16. The Morgan fingerprint density at radius 1 is 1.08 bits per heavy atom. The van der Waals surface area contributed by atoms with Crippen molar-refractivity contribution in [3.8, 4) is 0 Å². The fraction of sp³-hybridized carbons (Fsp3) is 0.167. The molecule has 0 saturated carbocycles. The summed E-state index contributed by atoms with van der Waals surface area (Å²) in [6.45, 7) is 2.56. The largest absolute Gasteiger partial charge is 0.355 e. The van der Waals surface area contributed by atoms with Gasteiger partial charge in [0.05, 0.1) is 10.7 Å². The molecule has 2 N–H and O–H groups in total. The predicted octanol–water partition coefficient (Wildman–Crippen LogP) is 3.56. The Morgan fingerprint density at radius 3 is 2.46 bits per heavy atom. The van der Waals surface area contributed by atoms with Crippen molar-refractivity contribution in [2.75, 3.05) is 11.9 Å². The molecule has 122 valence electrons. The molecule has 0 unspecified atom stereocenters. The van der Waals surface area contributed by atoms with E-state index in [4.69, 9.17) is 0 Å². The number of benzene rings is 1. The molecule has 2 heterocycles. The van der Waals surface area contributed by atoms with Crippen LogP contribution in [-0.2, 0) is 6.42 Å². The quantitative estimate of drug-likeness (QED) is 0.721. The average Bonchev–Trinajstić information content (AvgIpc) is 3.02. The van der Waals surface area contributed by atoms with Crippen LogP contribution in [0.3, 0.4) is 0 Å². The Labute approximate surface area is 144 Å². The van der Waals surface area contributed by atoms with Crippen LogP contribution in [0.1, 0.15) is 21.1 Å². The highest BCUT2D eigenvalue weighted by atomic mass is 32.1. The van der Waals surface area contributed by atoms with Crippen molar-refractivity contribution in [2.45, 2.75) is 13.3 Å². The van der Waals surface area contributed by atoms with Gasteiger partial charge < -0.3 is 10.6 Å². The van der Waals surface area contributed by atoms with Gasteiger partial charge in [-0.25, -0.2) is 4.98 Å². The number of nitrogens with one attached hydrogen (secondary N) is 2. The number of aromatic nitrogens is 2. The number of amides is 1. The Morgan fingerprint density at radius 2 is 1.79 bits per heavy atom. The molecule has 1 aromatic carbocycles. The number of carbonyl (C=O) groups is 1. The third kappa shape index (κ3) is 4.39. The molecule has 5 nitrogen and oxygen atoms in total. The summed E-state index contributed by atoms with van der Waals surface area (Å²) in [5.74, 6) is -0.0718. The van der Waals surface area contributed by atoms with Crippen LogP contribution < -0.4 is 10.6 Å². The second-order valence-electron chi connectivity index (χ2n) is 5.30. The van der Waals surface area contributed by atoms with Gasteiger partial charge >= 0.3 is 0 Å². The maximum Gasteiger partial charge on any atom is 0.251 e. The van der Waals surface area contributed by atoms with E-state index in [2.05, 4.69) is 20.6 Å². The van der Waals surface area contributed by atoms with Crippen LogP contribution in [0.25, 0.3) is 0 Å². The number of hydrogen-bond donors (Lipinski definition) is 2. The van der Waals surface area contributed by atoms with Gasteiger partial charge in [0.15, 0.2) is 0 Å². The van der Waals surface area contributed by atoms with Crippen molar-refractivity contribution in [2.24, 2.45) is 0 Å². The Kier molecular flexibility index (Phi) is 5.18. The third-order valence-corrected chi connectivity index (χ3v) is 4.27. The number of anilines is 2. The smallest absolute Gasteiger partial charge is 0.251 e. The van der Waals surface area contributed by atoms with Gasteiger partial charge in [0.2, 0.25) is 0 Å². The van der Waals surface area contributed by atoms with Crippen molar-refractivity contribution < 1.29 is 4.79 Å². The van der Waals surface area contributed by atoms with Crippen LogP contribution in [0.2, 0.25) is 0 Å². The minimum atomic E-state index is -0.0718. The molecule has 0 bridgehead atoms. The molecule has 0 atom stereocenters. The molecule has 0 spiro atoms. The van der Waals surface area contributed by atoms with E-state index in [9.17, 15) is 4.79 Å². The maximum absolute atomic E-state index is 12.2. The van der Waals surface area contributed by atoms with Crippen LogP contribution in [0.5, 0.6) is 0 Å². The zero-order valence-corrected chi connectivity index (χ0v) is 14.1. The van der Waals surface area contributed by atoms with Crippen molar-refractivity contribution in [1.29, 1.82) is 0 Å². The van der Waals surface area contributed by atoms with Gasteiger partial charge in [-0.15, -0.1) is 11.3 Å². The first-order valence-corrected chi connectivity index (χ1v) is 8.55. The summed E-state index contributed by atoms with van der Waals surface area (Å²) >= 11 is 1.63. The van der Waals surface area contributed by atoms with Crippen LogP contribution in [0.4, 0.5) is 11.4 Å². The zero-order valence-electron chi connectivity index (χ0n) is 13.3. The molecule has 24 heavy (non-hydrogen) atoms.